The molecule has 0 bridgehead atoms. The molecule has 0 atom stereocenters. The molecule has 0 aromatic rings. The quantitative estimate of drug-likeness (QED) is 0.445. The highest BCUT2D eigenvalue weighted by atomic mass is 19.1. The third kappa shape index (κ3) is 3.93. The van der Waals surface area contributed by atoms with Gasteiger partial charge >= 0.3 is 0 Å². The topological polar surface area (TPSA) is 0 Å². The first-order chi connectivity index (χ1) is 2.27. The Kier molecular flexibility index (Phi) is 2.15. The van der Waals surface area contributed by atoms with E-state index in [1.54, 1.807) is 13.8 Å². The molecule has 0 heterocycles. The van der Waals surface area contributed by atoms with Crippen LogP contribution < -0.4 is 0 Å². The lowest BCUT2D eigenvalue weighted by Gasteiger charge is -1.86. The molecule has 5 heavy (non-hydrogen) atoms. The summed E-state index contributed by atoms with van der Waals surface area (Å²) in [6.45, 7) is 4.25. The maximum Gasteiger partial charge on any atom is 0.134 e. The van der Waals surface area contributed by atoms with Crippen LogP contribution in [0.3, 0.4) is 0 Å². The van der Waals surface area contributed by atoms with Crippen molar-refractivity contribution in [1.82, 2.24) is 0 Å². The summed E-state index contributed by atoms with van der Waals surface area (Å²) in [5.41, 5.74) is 0. The minimum Gasteiger partial charge on any atom is -0.244 e. The van der Waals surface area contributed by atoms with Crippen LogP contribution in [-0.4, -0.2) is 0 Å². The van der Waals surface area contributed by atoms with Gasteiger partial charge in [0.25, 0.3) is 0 Å². The van der Waals surface area contributed by atoms with E-state index >= 15 is 0 Å². The second-order valence-electron chi connectivity index (χ2n) is 1.37. The van der Waals surface area contributed by atoms with Crippen LogP contribution >= 0.6 is 0 Å². The highest BCUT2D eigenvalue weighted by Gasteiger charge is 1.85. The summed E-state index contributed by atoms with van der Waals surface area (Å²) in [6, 6.07) is 0. The molecule has 0 amide bonds. The first-order valence-corrected chi connectivity index (χ1v) is 1.71. The van der Waals surface area contributed by atoms with Crippen LogP contribution in [0, 0.1) is 12.6 Å². The third-order valence-corrected chi connectivity index (χ3v) is 0.252. The Labute approximate surface area is 32.0 Å². The van der Waals surface area contributed by atoms with Crippen LogP contribution in [0.1, 0.15) is 13.8 Å². The fourth-order valence-electron chi connectivity index (χ4n) is 0. The average molecular weight is 75.1 g/mol. The summed E-state index contributed by atoms with van der Waals surface area (Å²) in [7, 11) is 0. The largest absolute Gasteiger partial charge is 0.244 e. The van der Waals surface area contributed by atoms with Crippen LogP contribution in [0.15, 0.2) is 0 Å². The average Bonchev–Trinajstić information content (AvgIpc) is 1.38. The van der Waals surface area contributed by atoms with E-state index in [4.69, 9.17) is 0 Å². The summed E-state index contributed by atoms with van der Waals surface area (Å²) in [5, 5.41) is 0. The van der Waals surface area contributed by atoms with E-state index in [1.807, 2.05) is 0 Å². The zero-order valence-electron chi connectivity index (χ0n) is 3.53. The predicted molar refractivity (Wildman–Crippen MR) is 20.2 cm³/mol. The van der Waals surface area contributed by atoms with Gasteiger partial charge in [-0.05, 0) is 5.92 Å². The van der Waals surface area contributed by atoms with E-state index in [0.29, 0.717) is 6.67 Å². The fraction of sp³-hybridized carbons (Fsp3) is 0.750. The lowest BCUT2D eigenvalue weighted by molar-refractivity contribution is 0.506. The monoisotopic (exact) mass is 75.1 g/mol. The highest BCUT2D eigenvalue weighted by molar-refractivity contribution is 4.49. The maximum absolute atomic E-state index is 11.0. The molecule has 0 rings (SSSR count). The SMILES string of the molecule is CC(C)[CH]F. The Hall–Kier alpha value is -0.0700. The van der Waals surface area contributed by atoms with Crippen molar-refractivity contribution in [3.8, 4) is 0 Å². The number of hydrogen-bond acceptors (Lipinski definition) is 0. The molecular formula is C4H8F. The van der Waals surface area contributed by atoms with E-state index < -0.39 is 0 Å². The molecule has 0 nitrogen and oxygen atoms in total. The second-order valence-corrected chi connectivity index (χ2v) is 1.37. The molecule has 0 saturated heterocycles. The molecular weight excluding hydrogens is 67.0 g/mol. The Morgan fingerprint density at radius 2 is 1.80 bits per heavy atom. The minimum absolute atomic E-state index is 0.0926. The molecule has 1 heteroatoms. The van der Waals surface area contributed by atoms with Crippen molar-refractivity contribution in [2.24, 2.45) is 5.92 Å². The van der Waals surface area contributed by atoms with Crippen molar-refractivity contribution in [2.45, 2.75) is 13.8 Å². The summed E-state index contributed by atoms with van der Waals surface area (Å²) in [6.07, 6.45) is 0. The van der Waals surface area contributed by atoms with Crippen LogP contribution in [0.2, 0.25) is 0 Å². The lowest BCUT2D eigenvalue weighted by atomic mass is 10.3. The van der Waals surface area contributed by atoms with Gasteiger partial charge in [0.05, 0.1) is 0 Å². The van der Waals surface area contributed by atoms with Crippen LogP contribution in [0.25, 0.3) is 0 Å². The molecule has 0 unspecified atom stereocenters. The Bertz CT molecular complexity index is 17.6. The molecule has 0 N–H and O–H groups in total. The Morgan fingerprint density at radius 1 is 1.60 bits per heavy atom. The van der Waals surface area contributed by atoms with Crippen molar-refractivity contribution >= 4 is 0 Å². The molecule has 1 radical (unpaired) electrons. The number of halogens is 1. The third-order valence-electron chi connectivity index (χ3n) is 0.252. The molecule has 0 spiro atoms. The van der Waals surface area contributed by atoms with Gasteiger partial charge in [0, 0.05) is 0 Å². The van der Waals surface area contributed by atoms with Gasteiger partial charge in [-0.3, -0.25) is 0 Å². The Morgan fingerprint density at radius 3 is 1.80 bits per heavy atom. The Balaban J connectivity index is 2.54. The smallest absolute Gasteiger partial charge is 0.134 e. The van der Waals surface area contributed by atoms with E-state index in [0.717, 1.165) is 0 Å². The summed E-state index contributed by atoms with van der Waals surface area (Å²) in [5.74, 6) is 0.0926. The standard InChI is InChI=1S/C4H8F/c1-4(2)3-5/h3-4H,1-2H3. The van der Waals surface area contributed by atoms with Gasteiger partial charge in [0.2, 0.25) is 0 Å². The van der Waals surface area contributed by atoms with Crippen molar-refractivity contribution < 1.29 is 4.39 Å². The van der Waals surface area contributed by atoms with Gasteiger partial charge in [0.1, 0.15) is 6.67 Å². The number of hydrogen-bond donors (Lipinski definition) is 0. The van der Waals surface area contributed by atoms with Crippen LogP contribution in [0.5, 0.6) is 0 Å². The van der Waals surface area contributed by atoms with Crippen LogP contribution in [-0.2, 0) is 0 Å². The van der Waals surface area contributed by atoms with Gasteiger partial charge in [-0.15, -0.1) is 0 Å². The highest BCUT2D eigenvalue weighted by Crippen LogP contribution is 1.94. The predicted octanol–water partition coefficient (Wildman–Crippen LogP) is 1.77. The zero-order valence-corrected chi connectivity index (χ0v) is 3.53. The summed E-state index contributed by atoms with van der Waals surface area (Å²) < 4.78 is 11.0. The first-order valence-electron chi connectivity index (χ1n) is 1.71. The van der Waals surface area contributed by atoms with Crippen molar-refractivity contribution in [1.29, 1.82) is 0 Å². The van der Waals surface area contributed by atoms with E-state index in [1.165, 1.54) is 0 Å². The second kappa shape index (κ2) is 2.18. The molecule has 0 aromatic carbocycles. The van der Waals surface area contributed by atoms with Crippen LogP contribution in [0.4, 0.5) is 4.39 Å². The maximum atomic E-state index is 11.0. The molecule has 31 valence electrons. The molecule has 0 aliphatic carbocycles. The molecule has 0 aliphatic heterocycles. The van der Waals surface area contributed by atoms with Crippen molar-refractivity contribution in [2.75, 3.05) is 0 Å². The van der Waals surface area contributed by atoms with Gasteiger partial charge in [-0.2, -0.15) is 0 Å². The molecule has 0 aromatic heterocycles. The first kappa shape index (κ1) is 4.93. The van der Waals surface area contributed by atoms with E-state index in [-0.39, 0.29) is 5.92 Å². The molecule has 0 aliphatic rings. The number of rotatable bonds is 1. The van der Waals surface area contributed by atoms with Gasteiger partial charge in [0.15, 0.2) is 0 Å². The van der Waals surface area contributed by atoms with Crippen molar-refractivity contribution in [3.63, 3.8) is 0 Å². The van der Waals surface area contributed by atoms with Gasteiger partial charge in [-0.1, -0.05) is 13.8 Å². The lowest BCUT2D eigenvalue weighted by Crippen LogP contribution is -1.77. The normalized spacial score (nSPS) is 9.60. The minimum atomic E-state index is 0.0926. The van der Waals surface area contributed by atoms with Gasteiger partial charge < -0.3 is 0 Å². The van der Waals surface area contributed by atoms with Gasteiger partial charge in [-0.25, -0.2) is 4.39 Å². The molecule has 0 fully saturated rings. The van der Waals surface area contributed by atoms with E-state index in [9.17, 15) is 4.39 Å². The fourth-order valence-corrected chi connectivity index (χ4v) is 0. The van der Waals surface area contributed by atoms with E-state index in [2.05, 4.69) is 0 Å². The zero-order chi connectivity index (χ0) is 4.28. The summed E-state index contributed by atoms with van der Waals surface area (Å²) >= 11 is 0. The molecule has 0 saturated carbocycles. The van der Waals surface area contributed by atoms with Crippen molar-refractivity contribution in [3.05, 3.63) is 6.67 Å². The summed E-state index contributed by atoms with van der Waals surface area (Å²) in [4.78, 5) is 0.